The standard InChI is InChI=1S/C25H28FN3O3S2/c1-17-28-16-23(33-17)19-6-4-7-20(13-19)25(9-11-34(31,32)12-10-25)29-24(30)15-21(27)14-18-5-2-3-8-22(18)26/h2-8,13,16,21H,9-12,14-15,27H2,1H3,(H,29,30)/t21-/m1/s1. The fourth-order valence-electron chi connectivity index (χ4n) is 4.41. The first kappa shape index (κ1) is 24.5. The van der Waals surface area contributed by atoms with E-state index in [-0.39, 0.29) is 48.9 Å². The Morgan fingerprint density at radius 3 is 2.62 bits per heavy atom. The number of aromatic nitrogens is 1. The second kappa shape index (κ2) is 9.93. The van der Waals surface area contributed by atoms with Crippen LogP contribution in [0.25, 0.3) is 10.4 Å². The zero-order valence-electron chi connectivity index (χ0n) is 19.0. The van der Waals surface area contributed by atoms with E-state index >= 15 is 0 Å². The van der Waals surface area contributed by atoms with Crippen LogP contribution in [-0.2, 0) is 26.6 Å². The Morgan fingerprint density at radius 1 is 1.21 bits per heavy atom. The zero-order chi connectivity index (χ0) is 24.3. The van der Waals surface area contributed by atoms with Gasteiger partial charge in [-0.3, -0.25) is 4.79 Å². The van der Waals surface area contributed by atoms with Gasteiger partial charge in [0.2, 0.25) is 5.91 Å². The molecule has 2 aromatic carbocycles. The number of rotatable bonds is 7. The minimum atomic E-state index is -3.15. The Morgan fingerprint density at radius 2 is 1.94 bits per heavy atom. The molecular weight excluding hydrogens is 473 g/mol. The third-order valence-electron chi connectivity index (χ3n) is 6.27. The third-order valence-corrected chi connectivity index (χ3v) is 8.88. The summed E-state index contributed by atoms with van der Waals surface area (Å²) in [4.78, 5) is 18.4. The molecule has 3 N–H and O–H groups in total. The Bertz CT molecular complexity index is 1280. The minimum Gasteiger partial charge on any atom is -0.346 e. The normalized spacial score (nSPS) is 17.7. The van der Waals surface area contributed by atoms with Gasteiger partial charge in [0.15, 0.2) is 9.84 Å². The topological polar surface area (TPSA) is 102 Å². The highest BCUT2D eigenvalue weighted by Gasteiger charge is 2.40. The molecule has 1 fully saturated rings. The third kappa shape index (κ3) is 5.71. The van der Waals surface area contributed by atoms with Gasteiger partial charge in [0, 0.05) is 18.7 Å². The van der Waals surface area contributed by atoms with Crippen molar-refractivity contribution in [2.24, 2.45) is 5.73 Å². The summed E-state index contributed by atoms with van der Waals surface area (Å²) < 4.78 is 38.3. The number of hydrogen-bond donors (Lipinski definition) is 2. The molecule has 0 spiro atoms. The van der Waals surface area contributed by atoms with Gasteiger partial charge in [-0.1, -0.05) is 36.4 Å². The lowest BCUT2D eigenvalue weighted by molar-refractivity contribution is -0.123. The van der Waals surface area contributed by atoms with Crippen molar-refractivity contribution >= 4 is 27.1 Å². The van der Waals surface area contributed by atoms with E-state index in [1.165, 1.54) is 6.07 Å². The first-order chi connectivity index (χ1) is 16.2. The molecule has 3 aromatic rings. The maximum absolute atomic E-state index is 14.0. The summed E-state index contributed by atoms with van der Waals surface area (Å²) in [7, 11) is -3.15. The highest BCUT2D eigenvalue weighted by Crippen LogP contribution is 2.37. The van der Waals surface area contributed by atoms with E-state index in [4.69, 9.17) is 5.73 Å². The van der Waals surface area contributed by atoms with Gasteiger partial charge in [-0.25, -0.2) is 17.8 Å². The fraction of sp³-hybridized carbons (Fsp3) is 0.360. The van der Waals surface area contributed by atoms with Crippen LogP contribution < -0.4 is 11.1 Å². The van der Waals surface area contributed by atoms with Crippen LogP contribution in [0, 0.1) is 12.7 Å². The van der Waals surface area contributed by atoms with Crippen molar-refractivity contribution in [2.75, 3.05) is 11.5 Å². The van der Waals surface area contributed by atoms with Crippen molar-refractivity contribution in [1.29, 1.82) is 0 Å². The van der Waals surface area contributed by atoms with Crippen molar-refractivity contribution in [3.63, 3.8) is 0 Å². The number of hydrogen-bond acceptors (Lipinski definition) is 6. The van der Waals surface area contributed by atoms with Gasteiger partial charge < -0.3 is 11.1 Å². The predicted octanol–water partition coefficient (Wildman–Crippen LogP) is 3.74. The molecule has 0 aliphatic carbocycles. The molecule has 0 bridgehead atoms. The lowest BCUT2D eigenvalue weighted by Crippen LogP contribution is -2.51. The second-order valence-electron chi connectivity index (χ2n) is 8.87. The molecule has 1 saturated heterocycles. The van der Waals surface area contributed by atoms with E-state index < -0.39 is 21.4 Å². The molecule has 1 aliphatic heterocycles. The monoisotopic (exact) mass is 501 g/mol. The Balaban J connectivity index is 1.55. The number of benzene rings is 2. The van der Waals surface area contributed by atoms with Crippen LogP contribution in [-0.4, -0.2) is 36.9 Å². The van der Waals surface area contributed by atoms with E-state index in [0.29, 0.717) is 5.56 Å². The van der Waals surface area contributed by atoms with E-state index in [2.05, 4.69) is 10.3 Å². The van der Waals surface area contributed by atoms with E-state index in [1.807, 2.05) is 37.4 Å². The van der Waals surface area contributed by atoms with E-state index in [1.54, 1.807) is 29.5 Å². The average Bonchev–Trinajstić information content (AvgIpc) is 3.23. The van der Waals surface area contributed by atoms with Gasteiger partial charge in [0.05, 0.1) is 26.9 Å². The number of sulfone groups is 1. The molecule has 1 aromatic heterocycles. The predicted molar refractivity (Wildman–Crippen MR) is 133 cm³/mol. The molecule has 0 saturated carbocycles. The number of carbonyl (C=O) groups excluding carboxylic acids is 1. The molecule has 0 unspecified atom stereocenters. The molecule has 6 nitrogen and oxygen atoms in total. The van der Waals surface area contributed by atoms with Crippen LogP contribution in [0.15, 0.2) is 54.7 Å². The lowest BCUT2D eigenvalue weighted by Gasteiger charge is -2.39. The number of aryl methyl sites for hydroxylation is 1. The van der Waals surface area contributed by atoms with Crippen molar-refractivity contribution in [3.05, 3.63) is 76.7 Å². The number of nitrogens with zero attached hydrogens (tertiary/aromatic N) is 1. The van der Waals surface area contributed by atoms with Gasteiger partial charge in [0.1, 0.15) is 5.82 Å². The van der Waals surface area contributed by atoms with Crippen molar-refractivity contribution < 1.29 is 17.6 Å². The zero-order valence-corrected chi connectivity index (χ0v) is 20.6. The summed E-state index contributed by atoms with van der Waals surface area (Å²) in [5, 5.41) is 4.07. The average molecular weight is 502 g/mol. The summed E-state index contributed by atoms with van der Waals surface area (Å²) in [5.41, 5.74) is 7.67. The molecule has 34 heavy (non-hydrogen) atoms. The highest BCUT2D eigenvalue weighted by atomic mass is 32.2. The summed E-state index contributed by atoms with van der Waals surface area (Å²) in [6, 6.07) is 13.6. The Kier molecular flexibility index (Phi) is 7.16. The highest BCUT2D eigenvalue weighted by molar-refractivity contribution is 7.91. The summed E-state index contributed by atoms with van der Waals surface area (Å²) in [5.74, 6) is -0.624. The SMILES string of the molecule is Cc1ncc(-c2cccc(C3(NC(=O)C[C@H](N)Cc4ccccc4F)CCS(=O)(=O)CC3)c2)s1. The molecule has 2 heterocycles. The van der Waals surface area contributed by atoms with Crippen LogP contribution in [0.5, 0.6) is 0 Å². The second-order valence-corrected chi connectivity index (χ2v) is 12.4. The number of thiazole rings is 1. The van der Waals surface area contributed by atoms with Crippen molar-refractivity contribution in [2.45, 2.75) is 44.2 Å². The molecule has 0 radical (unpaired) electrons. The number of nitrogens with one attached hydrogen (secondary N) is 1. The minimum absolute atomic E-state index is 0.00153. The van der Waals surface area contributed by atoms with Gasteiger partial charge in [-0.05, 0) is 55.0 Å². The van der Waals surface area contributed by atoms with E-state index in [9.17, 15) is 17.6 Å². The first-order valence-corrected chi connectivity index (χ1v) is 13.8. The van der Waals surface area contributed by atoms with Gasteiger partial charge >= 0.3 is 0 Å². The van der Waals surface area contributed by atoms with Crippen LogP contribution in [0.2, 0.25) is 0 Å². The van der Waals surface area contributed by atoms with Crippen LogP contribution >= 0.6 is 11.3 Å². The lowest BCUT2D eigenvalue weighted by atomic mass is 9.83. The van der Waals surface area contributed by atoms with Crippen LogP contribution in [0.1, 0.15) is 35.4 Å². The van der Waals surface area contributed by atoms with Crippen LogP contribution in [0.4, 0.5) is 4.39 Å². The molecule has 1 aliphatic rings. The Hall–Kier alpha value is -2.62. The largest absolute Gasteiger partial charge is 0.346 e. The molecule has 1 amide bonds. The van der Waals surface area contributed by atoms with E-state index in [0.717, 1.165) is 21.0 Å². The van der Waals surface area contributed by atoms with Gasteiger partial charge in [0.25, 0.3) is 0 Å². The Labute approximate surface area is 203 Å². The van der Waals surface area contributed by atoms with Gasteiger partial charge in [-0.2, -0.15) is 0 Å². The molecule has 1 atom stereocenters. The van der Waals surface area contributed by atoms with Crippen LogP contribution in [0.3, 0.4) is 0 Å². The van der Waals surface area contributed by atoms with Crippen molar-refractivity contribution in [1.82, 2.24) is 10.3 Å². The number of carbonyl (C=O) groups is 1. The fourth-order valence-corrected chi connectivity index (χ4v) is 6.71. The van der Waals surface area contributed by atoms with Gasteiger partial charge in [-0.15, -0.1) is 11.3 Å². The number of amides is 1. The molecule has 9 heteroatoms. The number of halogens is 1. The molecular formula is C25H28FN3O3S2. The summed E-state index contributed by atoms with van der Waals surface area (Å²) in [6.07, 6.45) is 2.64. The maximum Gasteiger partial charge on any atom is 0.222 e. The smallest absolute Gasteiger partial charge is 0.222 e. The summed E-state index contributed by atoms with van der Waals surface area (Å²) in [6.45, 7) is 1.94. The quantitative estimate of drug-likeness (QED) is 0.514. The maximum atomic E-state index is 14.0. The molecule has 180 valence electrons. The summed E-state index contributed by atoms with van der Waals surface area (Å²) >= 11 is 1.58. The molecule has 4 rings (SSSR count). The first-order valence-electron chi connectivity index (χ1n) is 11.2. The van der Waals surface area contributed by atoms with Crippen molar-refractivity contribution in [3.8, 4) is 10.4 Å². The number of nitrogens with two attached hydrogens (primary N) is 1.